The molecule has 7 nitrogen and oxygen atoms in total. The van der Waals surface area contributed by atoms with E-state index in [1.165, 1.54) is 12.8 Å². The monoisotopic (exact) mass is 327 g/mol. The summed E-state index contributed by atoms with van der Waals surface area (Å²) in [6.07, 6.45) is 5.16. The third-order valence-electron chi connectivity index (χ3n) is 4.63. The number of nitrogens with zero attached hydrogens (tertiary/aromatic N) is 5. The standard InChI is InChI=1S/C17H21N5O2/c1-21-8-7-15(20-21)17(23)22-9-6-12(10-22)11-24-16-5-4-14(18-19-16)13-2-3-13/h4-5,7-8,12-13H,2-3,6,9-11H2,1H3. The molecule has 3 heterocycles. The first-order valence-corrected chi connectivity index (χ1v) is 8.44. The minimum absolute atomic E-state index is 0.00771. The second-order valence-electron chi connectivity index (χ2n) is 6.66. The van der Waals surface area contributed by atoms with Crippen molar-refractivity contribution in [3.05, 3.63) is 35.8 Å². The molecule has 2 aliphatic rings. The van der Waals surface area contributed by atoms with Gasteiger partial charge in [0.1, 0.15) is 5.69 Å². The van der Waals surface area contributed by atoms with E-state index in [0.29, 0.717) is 36.6 Å². The Labute approximate surface area is 140 Å². The molecule has 0 radical (unpaired) electrons. The maximum atomic E-state index is 12.4. The summed E-state index contributed by atoms with van der Waals surface area (Å²) in [5.41, 5.74) is 1.57. The molecule has 1 aliphatic carbocycles. The lowest BCUT2D eigenvalue weighted by Gasteiger charge is -2.15. The molecule has 1 saturated carbocycles. The summed E-state index contributed by atoms with van der Waals surface area (Å²) in [7, 11) is 1.81. The van der Waals surface area contributed by atoms with Crippen molar-refractivity contribution < 1.29 is 9.53 Å². The van der Waals surface area contributed by atoms with Crippen LogP contribution in [0, 0.1) is 5.92 Å². The number of rotatable bonds is 5. The van der Waals surface area contributed by atoms with Crippen LogP contribution < -0.4 is 4.74 Å². The van der Waals surface area contributed by atoms with Gasteiger partial charge in [-0.2, -0.15) is 10.2 Å². The largest absolute Gasteiger partial charge is 0.476 e. The van der Waals surface area contributed by atoms with Gasteiger partial charge in [0.15, 0.2) is 0 Å². The highest BCUT2D eigenvalue weighted by molar-refractivity contribution is 5.92. The van der Waals surface area contributed by atoms with E-state index >= 15 is 0 Å². The van der Waals surface area contributed by atoms with E-state index in [1.54, 1.807) is 16.9 Å². The maximum absolute atomic E-state index is 12.4. The van der Waals surface area contributed by atoms with E-state index in [4.69, 9.17) is 4.74 Å². The van der Waals surface area contributed by atoms with Crippen LogP contribution in [-0.2, 0) is 7.05 Å². The zero-order valence-corrected chi connectivity index (χ0v) is 13.8. The van der Waals surface area contributed by atoms with Gasteiger partial charge in [0, 0.05) is 44.2 Å². The van der Waals surface area contributed by atoms with Crippen LogP contribution in [-0.4, -0.2) is 50.5 Å². The number of likely N-dealkylation sites (tertiary alicyclic amines) is 1. The summed E-state index contributed by atoms with van der Waals surface area (Å²) in [5, 5.41) is 12.5. The molecule has 2 fully saturated rings. The highest BCUT2D eigenvalue weighted by Crippen LogP contribution is 2.38. The van der Waals surface area contributed by atoms with Gasteiger partial charge in [-0.25, -0.2) is 0 Å². The molecule has 1 saturated heterocycles. The molecule has 24 heavy (non-hydrogen) atoms. The molecular weight excluding hydrogens is 306 g/mol. The normalized spacial score (nSPS) is 20.4. The summed E-state index contributed by atoms with van der Waals surface area (Å²) in [6, 6.07) is 5.65. The van der Waals surface area contributed by atoms with Crippen molar-refractivity contribution in [1.29, 1.82) is 0 Å². The number of ether oxygens (including phenoxy) is 1. The molecule has 0 bridgehead atoms. The summed E-state index contributed by atoms with van der Waals surface area (Å²) in [6.45, 7) is 2.00. The fourth-order valence-electron chi connectivity index (χ4n) is 3.05. The van der Waals surface area contributed by atoms with E-state index in [2.05, 4.69) is 15.3 Å². The van der Waals surface area contributed by atoms with Gasteiger partial charge >= 0.3 is 0 Å². The van der Waals surface area contributed by atoms with Gasteiger partial charge in [0.25, 0.3) is 5.91 Å². The summed E-state index contributed by atoms with van der Waals surface area (Å²) in [5.74, 6) is 1.48. The van der Waals surface area contributed by atoms with Gasteiger partial charge in [0.05, 0.1) is 12.3 Å². The molecule has 4 rings (SSSR count). The van der Waals surface area contributed by atoms with Gasteiger partial charge in [-0.05, 0) is 31.4 Å². The van der Waals surface area contributed by atoms with Crippen LogP contribution in [0.25, 0.3) is 0 Å². The van der Waals surface area contributed by atoms with Crippen LogP contribution in [0.2, 0.25) is 0 Å². The Hall–Kier alpha value is -2.44. The minimum atomic E-state index is -0.00771. The van der Waals surface area contributed by atoms with E-state index in [0.717, 1.165) is 18.7 Å². The Bertz CT molecular complexity index is 723. The van der Waals surface area contributed by atoms with Gasteiger partial charge in [-0.15, -0.1) is 5.10 Å². The van der Waals surface area contributed by atoms with E-state index in [1.807, 2.05) is 24.1 Å². The Kier molecular flexibility index (Phi) is 3.92. The number of hydrogen-bond acceptors (Lipinski definition) is 5. The number of carbonyl (C=O) groups is 1. The zero-order valence-electron chi connectivity index (χ0n) is 13.8. The lowest BCUT2D eigenvalue weighted by atomic mass is 10.1. The molecule has 2 aromatic heterocycles. The summed E-state index contributed by atoms with van der Waals surface area (Å²) in [4.78, 5) is 14.2. The Balaban J connectivity index is 1.28. The highest BCUT2D eigenvalue weighted by Gasteiger charge is 2.29. The van der Waals surface area contributed by atoms with Gasteiger partial charge in [0.2, 0.25) is 5.88 Å². The van der Waals surface area contributed by atoms with Gasteiger partial charge in [-0.3, -0.25) is 9.48 Å². The van der Waals surface area contributed by atoms with Crippen molar-refractivity contribution in [3.63, 3.8) is 0 Å². The smallest absolute Gasteiger partial charge is 0.274 e. The quantitative estimate of drug-likeness (QED) is 0.834. The van der Waals surface area contributed by atoms with Crippen LogP contribution >= 0.6 is 0 Å². The van der Waals surface area contributed by atoms with Crippen molar-refractivity contribution in [2.45, 2.75) is 25.2 Å². The van der Waals surface area contributed by atoms with Crippen molar-refractivity contribution in [1.82, 2.24) is 24.9 Å². The summed E-state index contributed by atoms with van der Waals surface area (Å²) < 4.78 is 7.40. The first-order valence-electron chi connectivity index (χ1n) is 8.44. The predicted molar refractivity (Wildman–Crippen MR) is 86.7 cm³/mol. The number of aromatic nitrogens is 4. The summed E-state index contributed by atoms with van der Waals surface area (Å²) >= 11 is 0. The molecule has 1 unspecified atom stereocenters. The van der Waals surface area contributed by atoms with Crippen LogP contribution in [0.3, 0.4) is 0 Å². The second-order valence-corrected chi connectivity index (χ2v) is 6.66. The fraction of sp³-hybridized carbons (Fsp3) is 0.529. The molecule has 0 aromatic carbocycles. The number of hydrogen-bond donors (Lipinski definition) is 0. The molecule has 1 atom stereocenters. The number of amides is 1. The lowest BCUT2D eigenvalue weighted by Crippen LogP contribution is -2.30. The second kappa shape index (κ2) is 6.22. The zero-order chi connectivity index (χ0) is 16.5. The SMILES string of the molecule is Cn1ccc(C(=O)N2CCC(COc3ccc(C4CC4)nn3)C2)n1. The molecule has 126 valence electrons. The first kappa shape index (κ1) is 15.1. The average molecular weight is 327 g/mol. The van der Waals surface area contributed by atoms with Crippen LogP contribution in [0.15, 0.2) is 24.4 Å². The van der Waals surface area contributed by atoms with Crippen molar-refractivity contribution >= 4 is 5.91 Å². The predicted octanol–water partition coefficient (Wildman–Crippen LogP) is 1.63. The highest BCUT2D eigenvalue weighted by atomic mass is 16.5. The van der Waals surface area contributed by atoms with E-state index in [9.17, 15) is 4.79 Å². The van der Waals surface area contributed by atoms with Crippen molar-refractivity contribution in [3.8, 4) is 5.88 Å². The Morgan fingerprint density at radius 2 is 2.12 bits per heavy atom. The average Bonchev–Trinajstić information content (AvgIpc) is 3.18. The Morgan fingerprint density at radius 3 is 2.79 bits per heavy atom. The van der Waals surface area contributed by atoms with Crippen LogP contribution in [0.4, 0.5) is 0 Å². The van der Waals surface area contributed by atoms with E-state index < -0.39 is 0 Å². The van der Waals surface area contributed by atoms with Crippen molar-refractivity contribution in [2.75, 3.05) is 19.7 Å². The van der Waals surface area contributed by atoms with Crippen LogP contribution in [0.1, 0.15) is 41.4 Å². The van der Waals surface area contributed by atoms with Crippen molar-refractivity contribution in [2.24, 2.45) is 13.0 Å². The molecule has 1 aliphatic heterocycles. The topological polar surface area (TPSA) is 73.1 Å². The molecule has 1 amide bonds. The molecule has 2 aromatic rings. The number of aryl methyl sites for hydroxylation is 1. The molecular formula is C17H21N5O2. The molecule has 0 N–H and O–H groups in total. The Morgan fingerprint density at radius 1 is 1.25 bits per heavy atom. The molecule has 0 spiro atoms. The lowest BCUT2D eigenvalue weighted by molar-refractivity contribution is 0.0776. The van der Waals surface area contributed by atoms with Gasteiger partial charge in [-0.1, -0.05) is 0 Å². The number of carbonyl (C=O) groups excluding carboxylic acids is 1. The minimum Gasteiger partial charge on any atom is -0.476 e. The van der Waals surface area contributed by atoms with Gasteiger partial charge < -0.3 is 9.64 Å². The first-order chi connectivity index (χ1) is 11.7. The molecule has 7 heteroatoms. The van der Waals surface area contributed by atoms with E-state index in [-0.39, 0.29) is 5.91 Å². The maximum Gasteiger partial charge on any atom is 0.274 e. The van der Waals surface area contributed by atoms with Crippen LogP contribution in [0.5, 0.6) is 5.88 Å². The third-order valence-corrected chi connectivity index (χ3v) is 4.63. The third kappa shape index (κ3) is 3.25. The fourth-order valence-corrected chi connectivity index (χ4v) is 3.05.